The molecule has 0 fully saturated rings. The minimum Gasteiger partial charge on any atom is -0.337 e. The smallest absolute Gasteiger partial charge is 0.263 e. The van der Waals surface area contributed by atoms with E-state index in [2.05, 4.69) is 15.1 Å². The summed E-state index contributed by atoms with van der Waals surface area (Å²) in [4.78, 5) is 22.1. The summed E-state index contributed by atoms with van der Waals surface area (Å²) in [7, 11) is 0. The molecule has 0 bridgehead atoms. The van der Waals surface area contributed by atoms with Crippen LogP contribution in [0.3, 0.4) is 0 Å². The van der Waals surface area contributed by atoms with Crippen LogP contribution in [0.2, 0.25) is 0 Å². The standard InChI is InChI=1S/C17H13FN4O2S/c1-2-13-20-14(24-21-13)7-22-9-19-16-15(17(22)23)12(8-25-16)10-3-5-11(18)6-4-10/h3-6,8-9H,2,7H2,1H3. The largest absolute Gasteiger partial charge is 0.337 e. The summed E-state index contributed by atoms with van der Waals surface area (Å²) in [6.45, 7) is 2.09. The molecule has 8 heteroatoms. The maximum Gasteiger partial charge on any atom is 0.263 e. The number of thiophene rings is 1. The van der Waals surface area contributed by atoms with Crippen molar-refractivity contribution in [2.75, 3.05) is 0 Å². The van der Waals surface area contributed by atoms with Crippen LogP contribution in [0.1, 0.15) is 18.6 Å². The fourth-order valence-electron chi connectivity index (χ4n) is 2.57. The lowest BCUT2D eigenvalue weighted by molar-refractivity contribution is 0.365. The molecular weight excluding hydrogens is 343 g/mol. The molecule has 0 N–H and O–H groups in total. The van der Waals surface area contributed by atoms with Gasteiger partial charge < -0.3 is 4.52 Å². The summed E-state index contributed by atoms with van der Waals surface area (Å²) in [5.41, 5.74) is 1.32. The quantitative estimate of drug-likeness (QED) is 0.561. The van der Waals surface area contributed by atoms with Gasteiger partial charge in [0.2, 0.25) is 5.89 Å². The van der Waals surface area contributed by atoms with E-state index in [1.807, 2.05) is 12.3 Å². The van der Waals surface area contributed by atoms with Gasteiger partial charge in [-0.1, -0.05) is 24.2 Å². The van der Waals surface area contributed by atoms with Gasteiger partial charge in [-0.05, 0) is 17.7 Å². The maximum absolute atomic E-state index is 13.2. The van der Waals surface area contributed by atoms with E-state index in [9.17, 15) is 9.18 Å². The zero-order chi connectivity index (χ0) is 17.4. The highest BCUT2D eigenvalue weighted by molar-refractivity contribution is 7.17. The number of nitrogens with zero attached hydrogens (tertiary/aromatic N) is 4. The third kappa shape index (κ3) is 2.85. The lowest BCUT2D eigenvalue weighted by Crippen LogP contribution is -2.21. The van der Waals surface area contributed by atoms with Crippen molar-refractivity contribution in [1.29, 1.82) is 0 Å². The zero-order valence-electron chi connectivity index (χ0n) is 13.3. The molecule has 0 aliphatic carbocycles. The molecule has 4 rings (SSSR count). The average Bonchev–Trinajstić information content (AvgIpc) is 3.25. The number of rotatable bonds is 4. The summed E-state index contributed by atoms with van der Waals surface area (Å²) in [6.07, 6.45) is 2.14. The van der Waals surface area contributed by atoms with Crippen LogP contribution in [0.25, 0.3) is 21.3 Å². The van der Waals surface area contributed by atoms with E-state index in [1.165, 1.54) is 34.4 Å². The number of aromatic nitrogens is 4. The summed E-state index contributed by atoms with van der Waals surface area (Å²) in [5, 5.41) is 6.20. The molecule has 25 heavy (non-hydrogen) atoms. The van der Waals surface area contributed by atoms with Gasteiger partial charge in [0, 0.05) is 17.4 Å². The summed E-state index contributed by atoms with van der Waals surface area (Å²) in [5.74, 6) is 0.639. The number of halogens is 1. The van der Waals surface area contributed by atoms with Crippen molar-refractivity contribution in [2.45, 2.75) is 19.9 Å². The van der Waals surface area contributed by atoms with E-state index in [1.54, 1.807) is 12.1 Å². The molecule has 0 aliphatic rings. The molecule has 126 valence electrons. The Kier molecular flexibility index (Phi) is 3.89. The van der Waals surface area contributed by atoms with Gasteiger partial charge in [-0.15, -0.1) is 11.3 Å². The van der Waals surface area contributed by atoms with Gasteiger partial charge in [0.25, 0.3) is 5.56 Å². The van der Waals surface area contributed by atoms with Gasteiger partial charge in [0.15, 0.2) is 5.82 Å². The first-order valence-electron chi connectivity index (χ1n) is 7.69. The van der Waals surface area contributed by atoms with Crippen LogP contribution in [-0.2, 0) is 13.0 Å². The monoisotopic (exact) mass is 356 g/mol. The van der Waals surface area contributed by atoms with Gasteiger partial charge in [0.1, 0.15) is 17.2 Å². The van der Waals surface area contributed by atoms with Crippen LogP contribution >= 0.6 is 11.3 Å². The lowest BCUT2D eigenvalue weighted by Gasteiger charge is -2.03. The molecule has 1 aromatic carbocycles. The Morgan fingerprint density at radius 3 is 2.80 bits per heavy atom. The number of benzene rings is 1. The Bertz CT molecular complexity index is 1100. The molecule has 0 saturated heterocycles. The van der Waals surface area contributed by atoms with E-state index >= 15 is 0 Å². The van der Waals surface area contributed by atoms with Crippen molar-refractivity contribution in [1.82, 2.24) is 19.7 Å². The minimum atomic E-state index is -0.318. The van der Waals surface area contributed by atoms with Crippen LogP contribution in [0.4, 0.5) is 4.39 Å². The van der Waals surface area contributed by atoms with E-state index in [4.69, 9.17) is 4.52 Å². The second-order valence-corrected chi connectivity index (χ2v) is 6.33. The van der Waals surface area contributed by atoms with Crippen LogP contribution in [-0.4, -0.2) is 19.7 Å². The molecular formula is C17H13FN4O2S. The highest BCUT2D eigenvalue weighted by Gasteiger charge is 2.15. The number of hydrogen-bond acceptors (Lipinski definition) is 6. The second kappa shape index (κ2) is 6.21. The van der Waals surface area contributed by atoms with E-state index < -0.39 is 0 Å². The molecule has 3 heterocycles. The second-order valence-electron chi connectivity index (χ2n) is 5.47. The van der Waals surface area contributed by atoms with Gasteiger partial charge in [-0.3, -0.25) is 9.36 Å². The van der Waals surface area contributed by atoms with E-state index in [0.717, 1.165) is 11.1 Å². The fourth-order valence-corrected chi connectivity index (χ4v) is 3.47. The fraction of sp³-hybridized carbons (Fsp3) is 0.176. The Labute approximate surface area is 145 Å². The van der Waals surface area contributed by atoms with Crippen molar-refractivity contribution in [3.05, 3.63) is 63.9 Å². The normalized spacial score (nSPS) is 11.3. The van der Waals surface area contributed by atoms with Crippen molar-refractivity contribution in [3.8, 4) is 11.1 Å². The van der Waals surface area contributed by atoms with Gasteiger partial charge in [0.05, 0.1) is 11.7 Å². The summed E-state index contributed by atoms with van der Waals surface area (Å²) >= 11 is 1.38. The van der Waals surface area contributed by atoms with Gasteiger partial charge >= 0.3 is 0 Å². The molecule has 0 radical (unpaired) electrons. The van der Waals surface area contributed by atoms with Crippen LogP contribution in [0.5, 0.6) is 0 Å². The molecule has 0 unspecified atom stereocenters. The molecule has 0 amide bonds. The Morgan fingerprint density at radius 2 is 2.08 bits per heavy atom. The maximum atomic E-state index is 13.2. The Morgan fingerprint density at radius 1 is 1.28 bits per heavy atom. The predicted octanol–water partition coefficient (Wildman–Crippen LogP) is 3.26. The minimum absolute atomic E-state index is 0.160. The van der Waals surface area contributed by atoms with E-state index in [-0.39, 0.29) is 17.9 Å². The molecule has 3 aromatic heterocycles. The number of fused-ring (bicyclic) bond motifs is 1. The SMILES string of the molecule is CCc1noc(Cn2cnc3scc(-c4ccc(F)cc4)c3c2=O)n1. The van der Waals surface area contributed by atoms with Crippen LogP contribution in [0.15, 0.2) is 45.3 Å². The Balaban J connectivity index is 1.80. The summed E-state index contributed by atoms with van der Waals surface area (Å²) in [6, 6.07) is 6.05. The zero-order valence-corrected chi connectivity index (χ0v) is 14.1. The molecule has 6 nitrogen and oxygen atoms in total. The molecule has 0 atom stereocenters. The third-order valence-electron chi connectivity index (χ3n) is 3.85. The topological polar surface area (TPSA) is 73.8 Å². The molecule has 0 aliphatic heterocycles. The lowest BCUT2D eigenvalue weighted by atomic mass is 10.1. The third-order valence-corrected chi connectivity index (χ3v) is 4.73. The first-order valence-corrected chi connectivity index (χ1v) is 8.57. The first kappa shape index (κ1) is 15.6. The number of hydrogen-bond donors (Lipinski definition) is 0. The Hall–Kier alpha value is -2.87. The van der Waals surface area contributed by atoms with Gasteiger partial charge in [-0.2, -0.15) is 4.98 Å². The van der Waals surface area contributed by atoms with Crippen molar-refractivity contribution >= 4 is 21.6 Å². The molecule has 0 saturated carbocycles. The van der Waals surface area contributed by atoms with Gasteiger partial charge in [-0.25, -0.2) is 9.37 Å². The van der Waals surface area contributed by atoms with E-state index in [0.29, 0.717) is 28.4 Å². The highest BCUT2D eigenvalue weighted by Crippen LogP contribution is 2.30. The number of aryl methyl sites for hydroxylation is 1. The predicted molar refractivity (Wildman–Crippen MR) is 92.1 cm³/mol. The highest BCUT2D eigenvalue weighted by atomic mass is 32.1. The van der Waals surface area contributed by atoms with Crippen LogP contribution in [0, 0.1) is 5.82 Å². The molecule has 0 spiro atoms. The van der Waals surface area contributed by atoms with Crippen molar-refractivity contribution < 1.29 is 8.91 Å². The van der Waals surface area contributed by atoms with Crippen molar-refractivity contribution in [3.63, 3.8) is 0 Å². The first-order chi connectivity index (χ1) is 12.2. The molecule has 4 aromatic rings. The van der Waals surface area contributed by atoms with Crippen molar-refractivity contribution in [2.24, 2.45) is 0 Å². The summed E-state index contributed by atoms with van der Waals surface area (Å²) < 4.78 is 19.7. The average molecular weight is 356 g/mol. The van der Waals surface area contributed by atoms with Crippen LogP contribution < -0.4 is 5.56 Å².